The number of nitrogens with zero attached hydrogens (tertiary/aromatic N) is 6. The van der Waals surface area contributed by atoms with E-state index in [9.17, 15) is 4.79 Å². The summed E-state index contributed by atoms with van der Waals surface area (Å²) in [4.78, 5) is 18.9. The number of imidazole rings is 1. The van der Waals surface area contributed by atoms with E-state index >= 15 is 0 Å². The summed E-state index contributed by atoms with van der Waals surface area (Å²) >= 11 is 0. The van der Waals surface area contributed by atoms with Crippen molar-refractivity contribution >= 4 is 0 Å². The van der Waals surface area contributed by atoms with Crippen LogP contribution in [0.2, 0.25) is 0 Å². The molecule has 218 valence electrons. The molecule has 1 aliphatic carbocycles. The number of tetrazole rings is 1. The summed E-state index contributed by atoms with van der Waals surface area (Å²) in [7, 11) is 0. The SMILES string of the molecule is CCCCc1cn(C2C(CC)CCCCCC2C(C)C)c(=O)n1Cc1cnccc1-c1ccc(-c2nnn[nH]2)cc1. The molecular weight excluding hydrogens is 510 g/mol. The van der Waals surface area contributed by atoms with E-state index in [0.29, 0.717) is 30.1 Å². The first kappa shape index (κ1) is 29.0. The maximum absolute atomic E-state index is 14.4. The molecular formula is C33H45N7O. The van der Waals surface area contributed by atoms with Crippen molar-refractivity contribution in [3.63, 3.8) is 0 Å². The Bertz CT molecular complexity index is 1440. The molecule has 41 heavy (non-hydrogen) atoms. The number of rotatable bonds is 10. The molecule has 5 rings (SSSR count). The molecule has 4 aromatic rings. The second-order valence-corrected chi connectivity index (χ2v) is 12.1. The van der Waals surface area contributed by atoms with Crippen LogP contribution in [-0.2, 0) is 13.0 Å². The molecule has 0 aliphatic heterocycles. The summed E-state index contributed by atoms with van der Waals surface area (Å²) in [6, 6.07) is 10.5. The first-order valence-electron chi connectivity index (χ1n) is 15.6. The van der Waals surface area contributed by atoms with E-state index in [2.05, 4.69) is 76.2 Å². The van der Waals surface area contributed by atoms with Crippen molar-refractivity contribution in [3.05, 3.63) is 70.7 Å². The summed E-state index contributed by atoms with van der Waals surface area (Å²) in [5.41, 5.74) is 5.40. The zero-order chi connectivity index (χ0) is 28.8. The normalized spacial score (nSPS) is 19.8. The Balaban J connectivity index is 1.54. The van der Waals surface area contributed by atoms with Gasteiger partial charge in [-0.1, -0.05) is 84.1 Å². The van der Waals surface area contributed by atoms with Crippen molar-refractivity contribution in [2.75, 3.05) is 0 Å². The van der Waals surface area contributed by atoms with Crippen molar-refractivity contribution < 1.29 is 0 Å². The molecule has 1 aromatic carbocycles. The fraction of sp³-hybridized carbons (Fsp3) is 0.545. The zero-order valence-electron chi connectivity index (χ0n) is 25.1. The quantitative estimate of drug-likeness (QED) is 0.225. The van der Waals surface area contributed by atoms with Crippen LogP contribution in [0.4, 0.5) is 0 Å². The van der Waals surface area contributed by atoms with Crippen LogP contribution in [-0.4, -0.2) is 34.7 Å². The number of benzene rings is 1. The highest BCUT2D eigenvalue weighted by Gasteiger charge is 2.34. The largest absolute Gasteiger partial charge is 0.328 e. The first-order chi connectivity index (χ1) is 20.0. The first-order valence-corrected chi connectivity index (χ1v) is 15.6. The van der Waals surface area contributed by atoms with E-state index in [4.69, 9.17) is 0 Å². The van der Waals surface area contributed by atoms with Gasteiger partial charge < -0.3 is 0 Å². The molecule has 3 unspecified atom stereocenters. The number of H-pyrrole nitrogens is 1. The van der Waals surface area contributed by atoms with Gasteiger partial charge in [-0.2, -0.15) is 0 Å². The topological polar surface area (TPSA) is 94.3 Å². The predicted molar refractivity (Wildman–Crippen MR) is 163 cm³/mol. The minimum absolute atomic E-state index is 0.133. The number of nitrogens with one attached hydrogen (secondary N) is 1. The van der Waals surface area contributed by atoms with E-state index in [-0.39, 0.29) is 11.7 Å². The number of aryl methyl sites for hydroxylation is 1. The van der Waals surface area contributed by atoms with Crippen LogP contribution < -0.4 is 5.69 Å². The van der Waals surface area contributed by atoms with Gasteiger partial charge in [-0.25, -0.2) is 9.89 Å². The second kappa shape index (κ2) is 13.4. The molecule has 1 fully saturated rings. The van der Waals surface area contributed by atoms with Crippen LogP contribution >= 0.6 is 0 Å². The van der Waals surface area contributed by atoms with Crippen LogP contribution in [0.15, 0.2) is 53.7 Å². The average Bonchev–Trinajstić information content (AvgIpc) is 3.61. The fourth-order valence-corrected chi connectivity index (χ4v) is 6.84. The molecule has 1 N–H and O–H groups in total. The molecule has 8 heteroatoms. The number of hydrogen-bond donors (Lipinski definition) is 1. The van der Waals surface area contributed by atoms with Gasteiger partial charge in [0.25, 0.3) is 0 Å². The summed E-state index contributed by atoms with van der Waals surface area (Å²) in [5.74, 6) is 2.23. The van der Waals surface area contributed by atoms with Crippen LogP contribution in [0.1, 0.15) is 96.4 Å². The molecule has 0 spiro atoms. The minimum Gasteiger partial charge on any atom is -0.295 e. The highest BCUT2D eigenvalue weighted by Crippen LogP contribution is 2.41. The van der Waals surface area contributed by atoms with Crippen LogP contribution in [0.3, 0.4) is 0 Å². The van der Waals surface area contributed by atoms with Crippen molar-refractivity contribution in [1.82, 2.24) is 34.7 Å². The summed E-state index contributed by atoms with van der Waals surface area (Å²) in [6.07, 6.45) is 16.4. The lowest BCUT2D eigenvalue weighted by Gasteiger charge is -2.38. The van der Waals surface area contributed by atoms with E-state index in [1.54, 1.807) is 0 Å². The van der Waals surface area contributed by atoms with Gasteiger partial charge >= 0.3 is 5.69 Å². The van der Waals surface area contributed by atoms with Gasteiger partial charge in [0.05, 0.1) is 6.54 Å². The molecule has 0 amide bonds. The van der Waals surface area contributed by atoms with Gasteiger partial charge in [0.1, 0.15) is 0 Å². The molecule has 3 heterocycles. The Morgan fingerprint density at radius 3 is 2.51 bits per heavy atom. The van der Waals surface area contributed by atoms with E-state index in [1.165, 1.54) is 32.1 Å². The number of unbranched alkanes of at least 4 members (excludes halogenated alkanes) is 1. The molecule has 1 saturated carbocycles. The highest BCUT2D eigenvalue weighted by atomic mass is 16.1. The van der Waals surface area contributed by atoms with Crippen LogP contribution in [0, 0.1) is 17.8 Å². The molecule has 8 nitrogen and oxygen atoms in total. The fourth-order valence-electron chi connectivity index (χ4n) is 6.84. The Kier molecular flexibility index (Phi) is 9.47. The number of aromatic amines is 1. The lowest BCUT2D eigenvalue weighted by molar-refractivity contribution is 0.138. The number of aromatic nitrogens is 7. The van der Waals surface area contributed by atoms with Crippen LogP contribution in [0.5, 0.6) is 0 Å². The van der Waals surface area contributed by atoms with Crippen molar-refractivity contribution in [2.45, 2.75) is 98.1 Å². The van der Waals surface area contributed by atoms with Gasteiger partial charge in [-0.05, 0) is 76.6 Å². The smallest absolute Gasteiger partial charge is 0.295 e. The summed E-state index contributed by atoms with van der Waals surface area (Å²) in [6.45, 7) is 9.73. The van der Waals surface area contributed by atoms with E-state index < -0.39 is 0 Å². The number of pyridine rings is 1. The third kappa shape index (κ3) is 6.36. The summed E-state index contributed by atoms with van der Waals surface area (Å²) < 4.78 is 4.19. The maximum Gasteiger partial charge on any atom is 0.328 e. The standard InChI is InChI=1S/C33H45N7O/c1-5-7-12-28-22-40(31-24(6-2)11-9-8-10-13-29(31)23(3)4)33(41)39(28)21-27-20-34-19-18-30(27)25-14-16-26(17-15-25)32-35-37-38-36-32/h14-20,22-24,29,31H,5-13,21H2,1-4H3,(H,35,36,37,38). The highest BCUT2D eigenvalue weighted by molar-refractivity contribution is 5.69. The Morgan fingerprint density at radius 2 is 1.80 bits per heavy atom. The number of hydrogen-bond acceptors (Lipinski definition) is 5. The van der Waals surface area contributed by atoms with Gasteiger partial charge in [-0.15, -0.1) is 5.10 Å². The molecule has 3 atom stereocenters. The lowest BCUT2D eigenvalue weighted by atomic mass is 9.74. The molecule has 0 saturated heterocycles. The van der Waals surface area contributed by atoms with E-state index in [0.717, 1.165) is 53.6 Å². The minimum atomic E-state index is 0.133. The maximum atomic E-state index is 14.4. The van der Waals surface area contributed by atoms with Crippen molar-refractivity contribution in [2.24, 2.45) is 17.8 Å². The third-order valence-electron chi connectivity index (χ3n) is 9.16. The monoisotopic (exact) mass is 555 g/mol. The average molecular weight is 556 g/mol. The van der Waals surface area contributed by atoms with E-state index in [1.807, 2.05) is 35.2 Å². The predicted octanol–water partition coefficient (Wildman–Crippen LogP) is 7.09. The second-order valence-electron chi connectivity index (χ2n) is 12.1. The van der Waals surface area contributed by atoms with Gasteiger partial charge in [0.15, 0.2) is 5.82 Å². The van der Waals surface area contributed by atoms with Crippen molar-refractivity contribution in [1.29, 1.82) is 0 Å². The molecule has 0 bridgehead atoms. The molecule has 1 aliphatic rings. The van der Waals surface area contributed by atoms with Gasteiger partial charge in [-0.3, -0.25) is 14.1 Å². The van der Waals surface area contributed by atoms with Gasteiger partial charge in [0.2, 0.25) is 0 Å². The van der Waals surface area contributed by atoms with Crippen LogP contribution in [0.25, 0.3) is 22.5 Å². The Hall–Kier alpha value is -3.55. The molecule has 3 aromatic heterocycles. The van der Waals surface area contributed by atoms with Crippen molar-refractivity contribution in [3.8, 4) is 22.5 Å². The summed E-state index contributed by atoms with van der Waals surface area (Å²) in [5, 5.41) is 14.2. The molecule has 0 radical (unpaired) electrons. The Morgan fingerprint density at radius 1 is 1.02 bits per heavy atom. The zero-order valence-corrected chi connectivity index (χ0v) is 25.1. The third-order valence-corrected chi connectivity index (χ3v) is 9.16. The Labute approximate surface area is 243 Å². The van der Waals surface area contributed by atoms with Gasteiger partial charge in [0, 0.05) is 35.9 Å². The lowest BCUT2D eigenvalue weighted by Crippen LogP contribution is -2.37.